The van der Waals surface area contributed by atoms with E-state index in [4.69, 9.17) is 60.6 Å². The largest absolute Gasteiger partial charge is 0.497 e. The van der Waals surface area contributed by atoms with Crippen LogP contribution in [0.15, 0.2) is 60.7 Å². The average Bonchev–Trinajstić information content (AvgIpc) is 3.07. The average molecular weight is 739 g/mol. The molecule has 0 radical (unpaired) electrons. The molecule has 0 saturated heterocycles. The molecule has 0 heterocycles. The molecule has 48 heavy (non-hydrogen) atoms. The molecule has 0 bridgehead atoms. The molecule has 2 atom stereocenters. The highest BCUT2D eigenvalue weighted by Crippen LogP contribution is 2.42. The Hall–Kier alpha value is -1.46. The second-order valence-corrected chi connectivity index (χ2v) is 14.6. The van der Waals surface area contributed by atoms with Crippen molar-refractivity contribution in [2.24, 2.45) is 0 Å². The van der Waals surface area contributed by atoms with Crippen molar-refractivity contribution in [1.82, 2.24) is 0 Å². The number of rotatable bonds is 26. The number of ether oxygens (including phenoxy) is 3. The maximum Gasteiger partial charge on any atom is 0.121 e. The van der Waals surface area contributed by atoms with E-state index in [1.165, 1.54) is 89.9 Å². The first-order valence-electron chi connectivity index (χ1n) is 18.2. The van der Waals surface area contributed by atoms with Crippen LogP contribution in [0.25, 0.3) is 0 Å². The van der Waals surface area contributed by atoms with Gasteiger partial charge in [-0.1, -0.05) is 192 Å². The quantitative estimate of drug-likeness (QED) is 0.0768. The van der Waals surface area contributed by atoms with Crippen LogP contribution in [0.1, 0.15) is 139 Å². The molecule has 0 saturated carbocycles. The minimum Gasteiger partial charge on any atom is -0.497 e. The highest BCUT2D eigenvalue weighted by molar-refractivity contribution is 6.37. The Bertz CT molecular complexity index is 1260. The monoisotopic (exact) mass is 736 g/mol. The van der Waals surface area contributed by atoms with Crippen LogP contribution in [0.3, 0.4) is 0 Å². The molecular weight excluding hydrogens is 682 g/mol. The summed E-state index contributed by atoms with van der Waals surface area (Å²) in [6.45, 7) is 3.22. The molecule has 0 spiro atoms. The van der Waals surface area contributed by atoms with Crippen molar-refractivity contribution in [3.63, 3.8) is 0 Å². The topological polar surface area (TPSA) is 27.7 Å². The predicted molar refractivity (Wildman–Crippen MR) is 206 cm³/mol. The fourth-order valence-corrected chi connectivity index (χ4v) is 7.30. The van der Waals surface area contributed by atoms with Gasteiger partial charge in [-0.05, 0) is 36.2 Å². The summed E-state index contributed by atoms with van der Waals surface area (Å²) in [6.07, 6.45) is 21.4. The van der Waals surface area contributed by atoms with Gasteiger partial charge in [-0.25, -0.2) is 0 Å². The Labute approximate surface area is 310 Å². The van der Waals surface area contributed by atoms with E-state index in [0.29, 0.717) is 44.6 Å². The summed E-state index contributed by atoms with van der Waals surface area (Å²) in [5.74, 6) is 0.575. The standard InChI is InChI=1S/C41H56Cl4O3/c1-3-4-5-6-7-8-9-10-11-12-13-14-15-16-17-21-24-34(31-47-30-32-22-19-18-20-23-32)48-41(36-26-25-33(42)27-37(36)43)40-38(44)28-35(46-2)29-39(40)45/h18-20,22-23,25-29,34,41H,3-17,21,24,30-31H2,1-2H3/t34-,41?/m1/s1. The summed E-state index contributed by atoms with van der Waals surface area (Å²) < 4.78 is 18.5. The van der Waals surface area contributed by atoms with Crippen molar-refractivity contribution in [2.45, 2.75) is 135 Å². The minimum absolute atomic E-state index is 0.202. The molecule has 0 aliphatic heterocycles. The lowest BCUT2D eigenvalue weighted by molar-refractivity contribution is -0.0529. The first kappa shape index (κ1) is 41.0. The zero-order chi connectivity index (χ0) is 34.4. The van der Waals surface area contributed by atoms with Crippen LogP contribution in [-0.4, -0.2) is 19.8 Å². The normalized spacial score (nSPS) is 12.7. The van der Waals surface area contributed by atoms with Crippen molar-refractivity contribution in [1.29, 1.82) is 0 Å². The molecular formula is C41H56Cl4O3. The Kier molecular flexibility index (Phi) is 21.0. The highest BCUT2D eigenvalue weighted by Gasteiger charge is 2.27. The van der Waals surface area contributed by atoms with Gasteiger partial charge in [0.2, 0.25) is 0 Å². The lowest BCUT2D eigenvalue weighted by Crippen LogP contribution is -2.24. The number of halogens is 4. The molecule has 266 valence electrons. The number of benzene rings is 3. The summed E-state index contributed by atoms with van der Waals surface area (Å²) >= 11 is 26.6. The highest BCUT2D eigenvalue weighted by atomic mass is 35.5. The predicted octanol–water partition coefficient (Wildman–Crippen LogP) is 14.7. The Morgan fingerprint density at radius 1 is 0.604 bits per heavy atom. The number of unbranched alkanes of at least 4 members (excludes halogenated alkanes) is 15. The van der Waals surface area contributed by atoms with Crippen LogP contribution in [-0.2, 0) is 16.1 Å². The van der Waals surface area contributed by atoms with E-state index < -0.39 is 6.10 Å². The molecule has 1 unspecified atom stereocenters. The van der Waals surface area contributed by atoms with E-state index in [0.717, 1.165) is 30.4 Å². The molecule has 0 N–H and O–H groups in total. The van der Waals surface area contributed by atoms with Gasteiger partial charge >= 0.3 is 0 Å². The third-order valence-electron chi connectivity index (χ3n) is 8.92. The van der Waals surface area contributed by atoms with E-state index in [2.05, 4.69) is 19.1 Å². The van der Waals surface area contributed by atoms with Gasteiger partial charge in [0.1, 0.15) is 11.9 Å². The third-order valence-corrected chi connectivity index (χ3v) is 10.1. The van der Waals surface area contributed by atoms with Crippen molar-refractivity contribution >= 4 is 46.4 Å². The molecule has 0 amide bonds. The van der Waals surface area contributed by atoms with Gasteiger partial charge in [0.25, 0.3) is 0 Å². The lowest BCUT2D eigenvalue weighted by Gasteiger charge is -2.28. The van der Waals surface area contributed by atoms with Crippen LogP contribution in [0, 0.1) is 0 Å². The molecule has 3 nitrogen and oxygen atoms in total. The Morgan fingerprint density at radius 2 is 1.15 bits per heavy atom. The van der Waals surface area contributed by atoms with Crippen LogP contribution < -0.4 is 4.74 Å². The fourth-order valence-electron chi connectivity index (χ4n) is 6.13. The molecule has 0 aliphatic rings. The molecule has 3 rings (SSSR count). The van der Waals surface area contributed by atoms with Gasteiger partial charge in [-0.15, -0.1) is 0 Å². The summed E-state index contributed by atoms with van der Waals surface area (Å²) in [4.78, 5) is 0. The second kappa shape index (κ2) is 24.6. The molecule has 0 aliphatic carbocycles. The smallest absolute Gasteiger partial charge is 0.121 e. The zero-order valence-corrected chi connectivity index (χ0v) is 32.1. The van der Waals surface area contributed by atoms with E-state index in [1.54, 1.807) is 31.4 Å². The van der Waals surface area contributed by atoms with Gasteiger partial charge in [-0.2, -0.15) is 0 Å². The number of hydrogen-bond donors (Lipinski definition) is 0. The van der Waals surface area contributed by atoms with Crippen molar-refractivity contribution < 1.29 is 14.2 Å². The van der Waals surface area contributed by atoms with Crippen molar-refractivity contribution in [3.8, 4) is 5.75 Å². The zero-order valence-electron chi connectivity index (χ0n) is 29.1. The van der Waals surface area contributed by atoms with Gasteiger partial charge in [0, 0.05) is 21.2 Å². The van der Waals surface area contributed by atoms with Crippen molar-refractivity contribution in [3.05, 3.63) is 97.4 Å². The minimum atomic E-state index is -0.618. The van der Waals surface area contributed by atoms with E-state index >= 15 is 0 Å². The lowest BCUT2D eigenvalue weighted by atomic mass is 9.99. The first-order chi connectivity index (χ1) is 23.4. The van der Waals surface area contributed by atoms with Gasteiger partial charge < -0.3 is 14.2 Å². The maximum absolute atomic E-state index is 6.88. The van der Waals surface area contributed by atoms with Crippen LogP contribution in [0.4, 0.5) is 0 Å². The molecule has 7 heteroatoms. The van der Waals surface area contributed by atoms with Gasteiger partial charge in [0.05, 0.1) is 36.5 Å². The first-order valence-corrected chi connectivity index (χ1v) is 19.7. The number of methoxy groups -OCH3 is 1. The maximum atomic E-state index is 6.88. The third kappa shape index (κ3) is 15.6. The van der Waals surface area contributed by atoms with E-state index in [9.17, 15) is 0 Å². The van der Waals surface area contributed by atoms with E-state index in [-0.39, 0.29) is 6.10 Å². The summed E-state index contributed by atoms with van der Waals surface area (Å²) in [5.41, 5.74) is 2.51. The van der Waals surface area contributed by atoms with Crippen LogP contribution in [0.5, 0.6) is 5.75 Å². The summed E-state index contributed by atoms with van der Waals surface area (Å²) in [7, 11) is 1.59. The second-order valence-electron chi connectivity index (χ2n) is 12.9. The molecule has 0 aromatic heterocycles. The fraction of sp³-hybridized carbons (Fsp3) is 0.561. The SMILES string of the molecule is CCCCCCCCCCCCCCCCCC[C@H](COCc1ccccc1)OC(c1ccc(Cl)cc1Cl)c1c(Cl)cc(OC)cc1Cl. The molecule has 0 fully saturated rings. The molecule has 3 aromatic rings. The van der Waals surface area contributed by atoms with Gasteiger partial charge in [0.15, 0.2) is 0 Å². The Balaban J connectivity index is 1.54. The van der Waals surface area contributed by atoms with Gasteiger partial charge in [-0.3, -0.25) is 0 Å². The Morgan fingerprint density at radius 3 is 1.67 bits per heavy atom. The number of hydrogen-bond acceptors (Lipinski definition) is 3. The van der Waals surface area contributed by atoms with Crippen LogP contribution in [0.2, 0.25) is 20.1 Å². The summed E-state index contributed by atoms with van der Waals surface area (Å²) in [5, 5.41) is 1.93. The van der Waals surface area contributed by atoms with Crippen LogP contribution >= 0.6 is 46.4 Å². The summed E-state index contributed by atoms with van der Waals surface area (Å²) in [6, 6.07) is 19.1. The molecule has 3 aromatic carbocycles. The van der Waals surface area contributed by atoms with E-state index in [1.807, 2.05) is 24.3 Å². The van der Waals surface area contributed by atoms with Crippen molar-refractivity contribution in [2.75, 3.05) is 13.7 Å².